The van der Waals surface area contributed by atoms with Crippen LogP contribution < -0.4 is 0 Å². The Morgan fingerprint density at radius 2 is 1.71 bits per heavy atom. The molecule has 0 amide bonds. The molecule has 0 aliphatic heterocycles. The van der Waals surface area contributed by atoms with Crippen molar-refractivity contribution in [3.8, 4) is 0 Å². The molecule has 0 unspecified atom stereocenters. The number of benzene rings is 1. The number of hydrogen-bond acceptors (Lipinski definition) is 0. The quantitative estimate of drug-likeness (QED) is 0.609. The first-order valence-corrected chi connectivity index (χ1v) is 5.70. The summed E-state index contributed by atoms with van der Waals surface area (Å²) in [5, 5.41) is 0.496. The Morgan fingerprint density at radius 1 is 1.14 bits per heavy atom. The normalized spacial score (nSPS) is 12.2. The van der Waals surface area contributed by atoms with Crippen LogP contribution in [0.4, 0.5) is 0 Å². The highest BCUT2D eigenvalue weighted by Crippen LogP contribution is 2.42. The summed E-state index contributed by atoms with van der Waals surface area (Å²) in [6, 6.07) is 5.52. The van der Waals surface area contributed by atoms with Crippen LogP contribution in [0.5, 0.6) is 0 Å². The summed E-state index contributed by atoms with van der Waals surface area (Å²) in [6.45, 7) is 4.17. The largest absolute Gasteiger partial charge is 0.217 e. The number of hydrogen-bond donors (Lipinski definition) is 0. The molecular weight excluding hydrogens is 262 g/mol. The highest BCUT2D eigenvalue weighted by atomic mass is 35.6. The van der Waals surface area contributed by atoms with Crippen molar-refractivity contribution in [1.82, 2.24) is 0 Å². The van der Waals surface area contributed by atoms with E-state index < -0.39 is 3.79 Å². The summed E-state index contributed by atoms with van der Waals surface area (Å²) in [5.41, 5.74) is 1.65. The first-order valence-electron chi connectivity index (χ1n) is 4.19. The van der Waals surface area contributed by atoms with Crippen LogP contribution in [0, 0.1) is 0 Å². The SMILES string of the molecule is CC(C)c1ccc(C(Cl)(Cl)Cl)c(Cl)c1. The van der Waals surface area contributed by atoms with Crippen molar-refractivity contribution >= 4 is 46.4 Å². The lowest BCUT2D eigenvalue weighted by molar-refractivity contribution is 0.865. The van der Waals surface area contributed by atoms with E-state index in [9.17, 15) is 0 Å². The van der Waals surface area contributed by atoms with Crippen LogP contribution in [0.2, 0.25) is 5.02 Å². The minimum atomic E-state index is -1.45. The third-order valence-corrected chi connectivity index (χ3v) is 2.89. The fraction of sp³-hybridized carbons (Fsp3) is 0.400. The second-order valence-electron chi connectivity index (χ2n) is 3.39. The van der Waals surface area contributed by atoms with Gasteiger partial charge in [-0.2, -0.15) is 0 Å². The zero-order chi connectivity index (χ0) is 10.9. The average molecular weight is 272 g/mol. The molecule has 0 fully saturated rings. The first kappa shape index (κ1) is 12.4. The van der Waals surface area contributed by atoms with Gasteiger partial charge in [-0.3, -0.25) is 0 Å². The molecule has 4 heteroatoms. The van der Waals surface area contributed by atoms with Crippen molar-refractivity contribution in [3.63, 3.8) is 0 Å². The van der Waals surface area contributed by atoms with Crippen molar-refractivity contribution < 1.29 is 0 Å². The molecular formula is C10H10Cl4. The Bertz CT molecular complexity index is 325. The molecule has 78 valence electrons. The third-order valence-electron chi connectivity index (χ3n) is 1.97. The molecule has 0 bridgehead atoms. The van der Waals surface area contributed by atoms with E-state index in [4.69, 9.17) is 46.4 Å². The molecule has 0 saturated heterocycles. The second-order valence-corrected chi connectivity index (χ2v) is 6.08. The summed E-state index contributed by atoms with van der Waals surface area (Å²) in [5.74, 6) is 0.414. The van der Waals surface area contributed by atoms with Gasteiger partial charge in [-0.1, -0.05) is 72.4 Å². The minimum absolute atomic E-state index is 0.414. The number of rotatable bonds is 1. The Labute approximate surface area is 104 Å². The Balaban J connectivity index is 3.15. The van der Waals surface area contributed by atoms with Gasteiger partial charge in [0.05, 0.1) is 0 Å². The van der Waals surface area contributed by atoms with Crippen LogP contribution in [0.15, 0.2) is 18.2 Å². The van der Waals surface area contributed by atoms with Crippen LogP contribution >= 0.6 is 46.4 Å². The standard InChI is InChI=1S/C10H10Cl4/c1-6(2)7-3-4-8(9(11)5-7)10(12,13)14/h3-6H,1-2H3. The van der Waals surface area contributed by atoms with Crippen molar-refractivity contribution in [2.24, 2.45) is 0 Å². The highest BCUT2D eigenvalue weighted by Gasteiger charge is 2.25. The van der Waals surface area contributed by atoms with Crippen LogP contribution in [0.3, 0.4) is 0 Å². The highest BCUT2D eigenvalue weighted by molar-refractivity contribution is 6.67. The maximum atomic E-state index is 6.00. The van der Waals surface area contributed by atoms with Gasteiger partial charge in [-0.15, -0.1) is 0 Å². The summed E-state index contributed by atoms with van der Waals surface area (Å²) >= 11 is 23.2. The molecule has 1 rings (SSSR count). The molecule has 0 aromatic heterocycles. The van der Waals surface area contributed by atoms with E-state index in [1.54, 1.807) is 6.07 Å². The molecule has 14 heavy (non-hydrogen) atoms. The monoisotopic (exact) mass is 270 g/mol. The van der Waals surface area contributed by atoms with E-state index >= 15 is 0 Å². The lowest BCUT2D eigenvalue weighted by Crippen LogP contribution is -2.01. The van der Waals surface area contributed by atoms with Crippen molar-refractivity contribution in [1.29, 1.82) is 0 Å². The fourth-order valence-corrected chi connectivity index (χ4v) is 2.09. The van der Waals surface area contributed by atoms with E-state index in [2.05, 4.69) is 13.8 Å². The first-order chi connectivity index (χ1) is 6.32. The predicted molar refractivity (Wildman–Crippen MR) is 64.8 cm³/mol. The summed E-state index contributed by atoms with van der Waals surface area (Å²) in [6.07, 6.45) is 0. The summed E-state index contributed by atoms with van der Waals surface area (Å²) in [4.78, 5) is 0. The minimum Gasteiger partial charge on any atom is -0.0839 e. The molecule has 0 aliphatic carbocycles. The van der Waals surface area contributed by atoms with E-state index in [1.807, 2.05) is 12.1 Å². The van der Waals surface area contributed by atoms with Crippen LogP contribution in [-0.4, -0.2) is 0 Å². The maximum Gasteiger partial charge on any atom is 0.217 e. The topological polar surface area (TPSA) is 0 Å². The van der Waals surface area contributed by atoms with Crippen LogP contribution in [-0.2, 0) is 3.79 Å². The zero-order valence-corrected chi connectivity index (χ0v) is 10.8. The lowest BCUT2D eigenvalue weighted by atomic mass is 10.0. The zero-order valence-electron chi connectivity index (χ0n) is 7.82. The molecule has 1 aromatic rings. The van der Waals surface area contributed by atoms with E-state index in [-0.39, 0.29) is 0 Å². The second kappa shape index (κ2) is 4.49. The van der Waals surface area contributed by atoms with Gasteiger partial charge >= 0.3 is 0 Å². The van der Waals surface area contributed by atoms with Gasteiger partial charge in [0.2, 0.25) is 3.79 Å². The molecule has 0 spiro atoms. The van der Waals surface area contributed by atoms with E-state index in [0.29, 0.717) is 16.5 Å². The Morgan fingerprint density at radius 3 is 2.07 bits per heavy atom. The van der Waals surface area contributed by atoms with Gasteiger partial charge < -0.3 is 0 Å². The molecule has 1 aromatic carbocycles. The van der Waals surface area contributed by atoms with Gasteiger partial charge in [-0.05, 0) is 17.5 Å². The average Bonchev–Trinajstić information content (AvgIpc) is 2.01. The van der Waals surface area contributed by atoms with E-state index in [1.165, 1.54) is 0 Å². The van der Waals surface area contributed by atoms with Gasteiger partial charge in [-0.25, -0.2) is 0 Å². The maximum absolute atomic E-state index is 6.00. The van der Waals surface area contributed by atoms with Crippen LogP contribution in [0.25, 0.3) is 0 Å². The molecule has 0 N–H and O–H groups in total. The molecule has 0 saturated carbocycles. The molecule has 0 nitrogen and oxygen atoms in total. The van der Waals surface area contributed by atoms with Crippen molar-refractivity contribution in [3.05, 3.63) is 34.3 Å². The van der Waals surface area contributed by atoms with Crippen LogP contribution in [0.1, 0.15) is 30.9 Å². The molecule has 0 heterocycles. The third kappa shape index (κ3) is 2.93. The van der Waals surface area contributed by atoms with Gasteiger partial charge in [0, 0.05) is 10.6 Å². The van der Waals surface area contributed by atoms with Gasteiger partial charge in [0.25, 0.3) is 0 Å². The van der Waals surface area contributed by atoms with Gasteiger partial charge in [0.1, 0.15) is 0 Å². The number of halogens is 4. The Kier molecular flexibility index (Phi) is 3.99. The Hall–Kier alpha value is 0.380. The van der Waals surface area contributed by atoms with E-state index in [0.717, 1.165) is 5.56 Å². The predicted octanol–water partition coefficient (Wildman–Crippen LogP) is 5.29. The smallest absolute Gasteiger partial charge is 0.0839 e. The molecule has 0 aliphatic rings. The van der Waals surface area contributed by atoms with Gasteiger partial charge in [0.15, 0.2) is 0 Å². The molecule has 0 radical (unpaired) electrons. The van der Waals surface area contributed by atoms with Crippen molar-refractivity contribution in [2.45, 2.75) is 23.6 Å². The summed E-state index contributed by atoms with van der Waals surface area (Å²) < 4.78 is -1.45. The number of alkyl halides is 3. The fourth-order valence-electron chi connectivity index (χ4n) is 1.12. The molecule has 0 atom stereocenters. The van der Waals surface area contributed by atoms with Crippen molar-refractivity contribution in [2.75, 3.05) is 0 Å². The summed E-state index contributed by atoms with van der Waals surface area (Å²) in [7, 11) is 0. The lowest BCUT2D eigenvalue weighted by Gasteiger charge is -2.15.